The van der Waals surface area contributed by atoms with Gasteiger partial charge in [0.15, 0.2) is 0 Å². The van der Waals surface area contributed by atoms with Crippen LogP contribution in [0, 0.1) is 0 Å². The SMILES string of the molecule is O=CC(CCS(=O)(=O)O)S(=O)(=O)O. The van der Waals surface area contributed by atoms with Gasteiger partial charge in [0.05, 0.1) is 5.75 Å². The van der Waals surface area contributed by atoms with Crippen molar-refractivity contribution in [3.63, 3.8) is 0 Å². The molecule has 2 N–H and O–H groups in total. The Labute approximate surface area is 75.3 Å². The highest BCUT2D eigenvalue weighted by Gasteiger charge is 2.23. The summed E-state index contributed by atoms with van der Waals surface area (Å²) in [6, 6.07) is 0. The molecule has 0 aliphatic rings. The number of carbonyl (C=O) groups is 1. The molecule has 0 aliphatic carbocycles. The fourth-order valence-electron chi connectivity index (χ4n) is 0.552. The topological polar surface area (TPSA) is 126 Å². The Morgan fingerprint density at radius 2 is 1.62 bits per heavy atom. The predicted molar refractivity (Wildman–Crippen MR) is 42.4 cm³/mol. The minimum absolute atomic E-state index is 0.0967. The Morgan fingerprint density at radius 3 is 1.85 bits per heavy atom. The van der Waals surface area contributed by atoms with Crippen molar-refractivity contribution in [1.29, 1.82) is 0 Å². The molecule has 0 aromatic heterocycles. The third kappa shape index (κ3) is 5.69. The van der Waals surface area contributed by atoms with Crippen molar-refractivity contribution in [3.8, 4) is 0 Å². The van der Waals surface area contributed by atoms with Gasteiger partial charge in [-0.05, 0) is 6.42 Å². The second kappa shape index (κ2) is 4.13. The molecule has 0 radical (unpaired) electrons. The van der Waals surface area contributed by atoms with Crippen LogP contribution in [0.5, 0.6) is 0 Å². The van der Waals surface area contributed by atoms with Crippen LogP contribution in [0.1, 0.15) is 6.42 Å². The van der Waals surface area contributed by atoms with Crippen molar-refractivity contribution in [1.82, 2.24) is 0 Å². The van der Waals surface area contributed by atoms with E-state index in [-0.39, 0.29) is 6.29 Å². The van der Waals surface area contributed by atoms with Crippen LogP contribution in [0.15, 0.2) is 0 Å². The molecule has 0 bridgehead atoms. The van der Waals surface area contributed by atoms with Crippen molar-refractivity contribution in [2.75, 3.05) is 5.75 Å². The van der Waals surface area contributed by atoms with Crippen molar-refractivity contribution >= 4 is 26.5 Å². The van der Waals surface area contributed by atoms with E-state index in [2.05, 4.69) is 0 Å². The van der Waals surface area contributed by atoms with Gasteiger partial charge in [0, 0.05) is 0 Å². The van der Waals surface area contributed by atoms with Crippen LogP contribution in [-0.4, -0.2) is 43.2 Å². The van der Waals surface area contributed by atoms with Crippen molar-refractivity contribution in [2.45, 2.75) is 11.7 Å². The van der Waals surface area contributed by atoms with Crippen molar-refractivity contribution in [3.05, 3.63) is 0 Å². The normalized spacial score (nSPS) is 15.2. The van der Waals surface area contributed by atoms with E-state index in [0.717, 1.165) is 0 Å². The van der Waals surface area contributed by atoms with Gasteiger partial charge < -0.3 is 4.79 Å². The van der Waals surface area contributed by atoms with Crippen molar-refractivity contribution < 1.29 is 30.7 Å². The molecule has 0 aliphatic heterocycles. The van der Waals surface area contributed by atoms with E-state index >= 15 is 0 Å². The third-order valence-corrected chi connectivity index (χ3v) is 3.06. The van der Waals surface area contributed by atoms with Gasteiger partial charge in [0.2, 0.25) is 0 Å². The zero-order valence-corrected chi connectivity index (χ0v) is 7.95. The molecule has 1 unspecified atom stereocenters. The van der Waals surface area contributed by atoms with Crippen LogP contribution in [0.25, 0.3) is 0 Å². The number of rotatable bonds is 5. The highest BCUT2D eigenvalue weighted by molar-refractivity contribution is 7.87. The standard InChI is InChI=1S/C4H8O7S2/c5-3-4(13(9,10)11)1-2-12(6,7)8/h3-4H,1-2H2,(H,6,7,8)(H,9,10,11). The van der Waals surface area contributed by atoms with Crippen LogP contribution < -0.4 is 0 Å². The van der Waals surface area contributed by atoms with Crippen LogP contribution in [0.2, 0.25) is 0 Å². The lowest BCUT2D eigenvalue weighted by atomic mass is 10.4. The molecule has 0 aromatic rings. The van der Waals surface area contributed by atoms with E-state index in [9.17, 15) is 21.6 Å². The summed E-state index contributed by atoms with van der Waals surface area (Å²) in [5.41, 5.74) is 0. The Bertz CT molecular complexity index is 363. The Morgan fingerprint density at radius 1 is 1.15 bits per heavy atom. The molecule has 0 amide bonds. The molecule has 0 rings (SSSR count). The molecule has 0 spiro atoms. The fourth-order valence-corrected chi connectivity index (χ4v) is 1.81. The Balaban J connectivity index is 4.44. The minimum Gasteiger partial charge on any atom is -0.302 e. The zero-order chi connectivity index (χ0) is 10.7. The molecular weight excluding hydrogens is 224 g/mol. The first kappa shape index (κ1) is 12.5. The molecule has 0 aromatic carbocycles. The molecule has 0 saturated carbocycles. The molecule has 1 atom stereocenters. The van der Waals surface area contributed by atoms with E-state index in [4.69, 9.17) is 9.11 Å². The largest absolute Gasteiger partial charge is 0.302 e. The second-order valence-corrected chi connectivity index (χ2v) is 5.47. The van der Waals surface area contributed by atoms with E-state index in [1.807, 2.05) is 0 Å². The van der Waals surface area contributed by atoms with Gasteiger partial charge in [-0.1, -0.05) is 0 Å². The Hall–Kier alpha value is -0.510. The maximum Gasteiger partial charge on any atom is 0.274 e. The minimum atomic E-state index is -4.58. The molecule has 0 fully saturated rings. The summed E-state index contributed by atoms with van der Waals surface area (Å²) in [4.78, 5) is 10.1. The molecule has 0 saturated heterocycles. The highest BCUT2D eigenvalue weighted by atomic mass is 32.2. The number of hydrogen-bond acceptors (Lipinski definition) is 5. The monoisotopic (exact) mass is 232 g/mol. The van der Waals surface area contributed by atoms with Crippen LogP contribution >= 0.6 is 0 Å². The Kier molecular flexibility index (Phi) is 3.97. The zero-order valence-electron chi connectivity index (χ0n) is 6.32. The number of aldehydes is 1. The summed E-state index contributed by atoms with van der Waals surface area (Å²) in [5.74, 6) is -0.893. The van der Waals surface area contributed by atoms with Gasteiger partial charge >= 0.3 is 0 Å². The lowest BCUT2D eigenvalue weighted by Crippen LogP contribution is -2.25. The van der Waals surface area contributed by atoms with Gasteiger partial charge in [-0.3, -0.25) is 9.11 Å². The van der Waals surface area contributed by atoms with E-state index in [0.29, 0.717) is 0 Å². The van der Waals surface area contributed by atoms with Gasteiger partial charge in [-0.25, -0.2) is 0 Å². The van der Waals surface area contributed by atoms with Gasteiger partial charge in [-0.15, -0.1) is 0 Å². The average molecular weight is 232 g/mol. The lowest BCUT2D eigenvalue weighted by molar-refractivity contribution is -0.107. The summed E-state index contributed by atoms with van der Waals surface area (Å²) in [7, 11) is -8.91. The number of hydrogen-bond donors (Lipinski definition) is 2. The quantitative estimate of drug-likeness (QED) is 0.446. The maximum absolute atomic E-state index is 10.3. The lowest BCUT2D eigenvalue weighted by Gasteiger charge is -2.03. The average Bonchev–Trinajstić information content (AvgIpc) is 1.82. The number of carbonyl (C=O) groups excluding carboxylic acids is 1. The summed E-state index contributed by atoms with van der Waals surface area (Å²) < 4.78 is 57.5. The van der Waals surface area contributed by atoms with Gasteiger partial charge in [0.25, 0.3) is 20.2 Å². The maximum atomic E-state index is 10.3. The van der Waals surface area contributed by atoms with Crippen molar-refractivity contribution in [2.24, 2.45) is 0 Å². The van der Waals surface area contributed by atoms with E-state index in [1.165, 1.54) is 0 Å². The first-order chi connectivity index (χ1) is 5.67. The summed E-state index contributed by atoms with van der Waals surface area (Å²) in [6.45, 7) is 0. The molecule has 78 valence electrons. The van der Waals surface area contributed by atoms with Crippen LogP contribution in [0.4, 0.5) is 0 Å². The summed E-state index contributed by atoms with van der Waals surface area (Å²) >= 11 is 0. The smallest absolute Gasteiger partial charge is 0.274 e. The van der Waals surface area contributed by atoms with Crippen LogP contribution in [-0.2, 0) is 25.0 Å². The molecule has 0 heterocycles. The van der Waals surface area contributed by atoms with E-state index in [1.54, 1.807) is 0 Å². The van der Waals surface area contributed by atoms with Gasteiger partial charge in [0.1, 0.15) is 11.5 Å². The first-order valence-corrected chi connectivity index (χ1v) is 6.15. The van der Waals surface area contributed by atoms with Crippen LogP contribution in [0.3, 0.4) is 0 Å². The molecule has 7 nitrogen and oxygen atoms in total. The molecule has 13 heavy (non-hydrogen) atoms. The molecular formula is C4H8O7S2. The third-order valence-electron chi connectivity index (χ3n) is 1.19. The predicted octanol–water partition coefficient (Wildman–Crippen LogP) is -1.28. The summed E-state index contributed by atoms with van der Waals surface area (Å²) in [6.07, 6.45) is -0.762. The summed E-state index contributed by atoms with van der Waals surface area (Å²) in [5, 5.41) is -1.81. The highest BCUT2D eigenvalue weighted by Crippen LogP contribution is 2.02. The fraction of sp³-hybridized carbons (Fsp3) is 0.750. The first-order valence-electron chi connectivity index (χ1n) is 3.03. The van der Waals surface area contributed by atoms with E-state index < -0.39 is 37.7 Å². The molecule has 9 heteroatoms. The second-order valence-electron chi connectivity index (χ2n) is 2.26. The van der Waals surface area contributed by atoms with Gasteiger partial charge in [-0.2, -0.15) is 16.8 Å².